The van der Waals surface area contributed by atoms with Gasteiger partial charge in [-0.25, -0.2) is 0 Å². The number of aromatic nitrogens is 1. The third-order valence-electron chi connectivity index (χ3n) is 1.44. The van der Waals surface area contributed by atoms with E-state index in [1.54, 1.807) is 6.08 Å². The highest BCUT2D eigenvalue weighted by atomic mass is 14.8. The molecular weight excluding hydrogens is 124 g/mol. The number of hydrogen-bond acceptors (Lipinski definition) is 1. The second-order valence-electron chi connectivity index (χ2n) is 2.10. The van der Waals surface area contributed by atoms with Crippen molar-refractivity contribution in [3.63, 3.8) is 0 Å². The van der Waals surface area contributed by atoms with Crippen LogP contribution in [0.15, 0.2) is 17.8 Å². The van der Waals surface area contributed by atoms with Gasteiger partial charge in [0.2, 0.25) is 0 Å². The minimum atomic E-state index is 0.898. The normalized spacial score (nSPS) is 9.30. The number of nitrogens with zero attached hydrogens (tertiary/aromatic N) is 1. The smallest absolute Gasteiger partial charge is 0.0900 e. The minimum Gasteiger partial charge on any atom is -0.360 e. The summed E-state index contributed by atoms with van der Waals surface area (Å²) in [5.74, 6) is 0. The van der Waals surface area contributed by atoms with Gasteiger partial charge in [0.05, 0.1) is 11.4 Å². The topological polar surface area (TPSA) is 28.1 Å². The predicted octanol–water partition coefficient (Wildman–Crippen LogP) is 2.30. The summed E-state index contributed by atoms with van der Waals surface area (Å²) in [6, 6.07) is 0. The lowest BCUT2D eigenvalue weighted by atomic mass is 10.3. The quantitative estimate of drug-likeness (QED) is 0.601. The molecule has 10 heavy (non-hydrogen) atoms. The second kappa shape index (κ2) is 2.52. The maximum Gasteiger partial charge on any atom is 0.0900 e. The van der Waals surface area contributed by atoms with Crippen LogP contribution in [0.4, 0.5) is 5.69 Å². The first-order chi connectivity index (χ1) is 4.79. The Labute approximate surface area is 60.3 Å². The zero-order valence-corrected chi connectivity index (χ0v) is 6.02. The molecule has 0 aliphatic rings. The molecule has 0 saturated heterocycles. The fraction of sp³-hybridized carbons (Fsp3) is 0.125. The Morgan fingerprint density at radius 3 is 2.80 bits per heavy atom. The van der Waals surface area contributed by atoms with Gasteiger partial charge in [0.1, 0.15) is 0 Å². The van der Waals surface area contributed by atoms with Crippen molar-refractivity contribution >= 4 is 18.5 Å². The van der Waals surface area contributed by atoms with Crippen LogP contribution in [0.25, 0.3) is 6.08 Å². The molecule has 0 saturated carbocycles. The van der Waals surface area contributed by atoms with Crippen molar-refractivity contribution in [1.29, 1.82) is 0 Å². The van der Waals surface area contributed by atoms with Gasteiger partial charge in [-0.2, -0.15) is 0 Å². The highest BCUT2D eigenvalue weighted by Crippen LogP contribution is 2.22. The van der Waals surface area contributed by atoms with Crippen molar-refractivity contribution in [2.75, 3.05) is 0 Å². The summed E-state index contributed by atoms with van der Waals surface area (Å²) in [5.41, 5.74) is 2.94. The monoisotopic (exact) mass is 134 g/mol. The molecule has 0 spiro atoms. The molecule has 0 atom stereocenters. The van der Waals surface area contributed by atoms with Crippen LogP contribution < -0.4 is 0 Å². The zero-order valence-electron chi connectivity index (χ0n) is 6.02. The minimum absolute atomic E-state index is 0.898. The van der Waals surface area contributed by atoms with Crippen LogP contribution in [0.5, 0.6) is 0 Å². The van der Waals surface area contributed by atoms with Gasteiger partial charge in [-0.1, -0.05) is 6.58 Å². The van der Waals surface area contributed by atoms with E-state index in [1.807, 2.05) is 13.1 Å². The summed E-state index contributed by atoms with van der Waals surface area (Å²) in [7, 11) is 0. The molecule has 0 aliphatic heterocycles. The van der Waals surface area contributed by atoms with E-state index in [4.69, 9.17) is 0 Å². The number of nitrogens with one attached hydrogen (secondary N) is 1. The molecule has 2 nitrogen and oxygen atoms in total. The van der Waals surface area contributed by atoms with Crippen LogP contribution in [0.3, 0.4) is 0 Å². The highest BCUT2D eigenvalue weighted by Gasteiger charge is 2.00. The van der Waals surface area contributed by atoms with Gasteiger partial charge in [-0.05, 0) is 25.3 Å². The van der Waals surface area contributed by atoms with E-state index < -0.39 is 0 Å². The molecule has 0 unspecified atom stereocenters. The molecule has 1 aromatic heterocycles. The van der Waals surface area contributed by atoms with E-state index in [9.17, 15) is 0 Å². The molecule has 0 fully saturated rings. The van der Waals surface area contributed by atoms with Crippen LogP contribution in [-0.4, -0.2) is 11.7 Å². The molecule has 1 heterocycles. The van der Waals surface area contributed by atoms with Gasteiger partial charge in [0.25, 0.3) is 0 Å². The van der Waals surface area contributed by atoms with Gasteiger partial charge in [-0.3, -0.25) is 4.99 Å². The van der Waals surface area contributed by atoms with E-state index in [2.05, 4.69) is 23.3 Å². The molecule has 0 aromatic carbocycles. The number of hydrogen-bond donors (Lipinski definition) is 1. The van der Waals surface area contributed by atoms with Crippen molar-refractivity contribution in [2.45, 2.75) is 6.92 Å². The number of aromatic amines is 1. The van der Waals surface area contributed by atoms with E-state index in [1.165, 1.54) is 0 Å². The molecule has 1 N–H and O–H groups in total. The molecule has 2 heteroatoms. The van der Waals surface area contributed by atoms with Crippen LogP contribution >= 0.6 is 0 Å². The summed E-state index contributed by atoms with van der Waals surface area (Å²) in [4.78, 5) is 6.87. The summed E-state index contributed by atoms with van der Waals surface area (Å²) in [6.45, 7) is 9.07. The van der Waals surface area contributed by atoms with Gasteiger partial charge in [-0.15, -0.1) is 0 Å². The van der Waals surface area contributed by atoms with Crippen LogP contribution in [0.1, 0.15) is 11.3 Å². The third-order valence-corrected chi connectivity index (χ3v) is 1.44. The van der Waals surface area contributed by atoms with Crippen molar-refractivity contribution in [2.24, 2.45) is 4.99 Å². The number of aryl methyl sites for hydroxylation is 1. The Hall–Kier alpha value is -1.31. The van der Waals surface area contributed by atoms with Gasteiger partial charge < -0.3 is 4.98 Å². The maximum absolute atomic E-state index is 3.85. The molecule has 0 radical (unpaired) electrons. The standard InChI is InChI=1S/C8H10N2/c1-4-7-8(9-3)6(2)5-10-7/h4-5,10H,1,3H2,2H3. The van der Waals surface area contributed by atoms with Crippen LogP contribution in [0.2, 0.25) is 0 Å². The SMILES string of the molecule is C=Cc1[nH]cc(C)c1N=C. The first-order valence-corrected chi connectivity index (χ1v) is 3.06. The summed E-state index contributed by atoms with van der Waals surface area (Å²) < 4.78 is 0. The maximum atomic E-state index is 3.85. The van der Waals surface area contributed by atoms with Crippen molar-refractivity contribution in [3.8, 4) is 0 Å². The fourth-order valence-electron chi connectivity index (χ4n) is 0.901. The van der Waals surface area contributed by atoms with Crippen molar-refractivity contribution in [3.05, 3.63) is 24.0 Å². The molecule has 0 amide bonds. The van der Waals surface area contributed by atoms with E-state index in [-0.39, 0.29) is 0 Å². The van der Waals surface area contributed by atoms with Gasteiger partial charge in [0, 0.05) is 6.20 Å². The lowest BCUT2D eigenvalue weighted by molar-refractivity contribution is 1.36. The summed E-state index contributed by atoms with van der Waals surface area (Å²) >= 11 is 0. The molecular formula is C8H10N2. The highest BCUT2D eigenvalue weighted by molar-refractivity contribution is 5.65. The average Bonchev–Trinajstić information content (AvgIpc) is 2.30. The predicted molar refractivity (Wildman–Crippen MR) is 44.8 cm³/mol. The molecule has 0 aliphatic carbocycles. The first kappa shape index (κ1) is 6.81. The largest absolute Gasteiger partial charge is 0.360 e. The Kier molecular flexibility index (Phi) is 1.71. The van der Waals surface area contributed by atoms with Crippen molar-refractivity contribution in [1.82, 2.24) is 4.98 Å². The first-order valence-electron chi connectivity index (χ1n) is 3.06. The number of rotatable bonds is 2. The molecule has 1 aromatic rings. The van der Waals surface area contributed by atoms with Crippen LogP contribution in [0, 0.1) is 6.92 Å². The zero-order chi connectivity index (χ0) is 7.56. The Balaban J connectivity index is 3.25. The Morgan fingerprint density at radius 1 is 1.70 bits per heavy atom. The lowest BCUT2D eigenvalue weighted by Gasteiger charge is -1.89. The second-order valence-corrected chi connectivity index (χ2v) is 2.10. The Bertz CT molecular complexity index is 258. The average molecular weight is 134 g/mol. The summed E-state index contributed by atoms with van der Waals surface area (Å²) in [5, 5.41) is 0. The number of aliphatic imine (C=N–C) groups is 1. The Morgan fingerprint density at radius 2 is 2.40 bits per heavy atom. The fourth-order valence-corrected chi connectivity index (χ4v) is 0.901. The molecule has 0 bridgehead atoms. The van der Waals surface area contributed by atoms with Gasteiger partial charge in [0.15, 0.2) is 0 Å². The van der Waals surface area contributed by atoms with E-state index in [0.717, 1.165) is 16.9 Å². The summed E-state index contributed by atoms with van der Waals surface area (Å²) in [6.07, 6.45) is 3.62. The number of H-pyrrole nitrogens is 1. The van der Waals surface area contributed by atoms with Crippen molar-refractivity contribution < 1.29 is 0 Å². The molecule has 1 rings (SSSR count). The lowest BCUT2D eigenvalue weighted by Crippen LogP contribution is -1.67. The van der Waals surface area contributed by atoms with E-state index in [0.29, 0.717) is 0 Å². The third kappa shape index (κ3) is 0.880. The molecule has 52 valence electrons. The van der Waals surface area contributed by atoms with Crippen LogP contribution in [-0.2, 0) is 0 Å². The van der Waals surface area contributed by atoms with E-state index >= 15 is 0 Å². The van der Waals surface area contributed by atoms with Gasteiger partial charge >= 0.3 is 0 Å².